The van der Waals surface area contributed by atoms with Gasteiger partial charge in [0, 0.05) is 13.6 Å². The average molecular weight is 275 g/mol. The fraction of sp³-hybridized carbons (Fsp3) is 0.364. The molecule has 0 unspecified atom stereocenters. The fourth-order valence-electron chi connectivity index (χ4n) is 1.44. The molecule has 0 spiro atoms. The summed E-state index contributed by atoms with van der Waals surface area (Å²) in [6.07, 6.45) is 0.628. The van der Waals surface area contributed by atoms with Gasteiger partial charge in [-0.15, -0.1) is 0 Å². The van der Waals surface area contributed by atoms with E-state index in [1.807, 2.05) is 6.92 Å². The van der Waals surface area contributed by atoms with E-state index < -0.39 is 27.4 Å². The number of hydrogen-bond donors (Lipinski definition) is 1. The summed E-state index contributed by atoms with van der Waals surface area (Å²) in [6.45, 7) is 2.13. The summed E-state index contributed by atoms with van der Waals surface area (Å²) in [6, 6.07) is 2.73. The number of rotatable bonds is 5. The van der Waals surface area contributed by atoms with Crippen molar-refractivity contribution in [3.8, 4) is 0 Å². The molecule has 1 aromatic carbocycles. The van der Waals surface area contributed by atoms with E-state index in [1.54, 1.807) is 0 Å². The summed E-state index contributed by atoms with van der Waals surface area (Å²) in [5.74, 6) is -2.46. The number of sulfonamides is 1. The van der Waals surface area contributed by atoms with Crippen LogP contribution in [0.4, 0.5) is 4.39 Å². The van der Waals surface area contributed by atoms with Crippen LogP contribution in [0.25, 0.3) is 0 Å². The Bertz CT molecular complexity index is 556. The van der Waals surface area contributed by atoms with Crippen LogP contribution in [0, 0.1) is 5.82 Å². The lowest BCUT2D eigenvalue weighted by Gasteiger charge is -2.16. The summed E-state index contributed by atoms with van der Waals surface area (Å²) < 4.78 is 38.3. The monoisotopic (exact) mass is 275 g/mol. The second kappa shape index (κ2) is 5.45. The van der Waals surface area contributed by atoms with Crippen molar-refractivity contribution in [1.82, 2.24) is 4.31 Å². The van der Waals surface area contributed by atoms with Crippen LogP contribution in [-0.4, -0.2) is 37.4 Å². The molecule has 0 atom stereocenters. The van der Waals surface area contributed by atoms with Gasteiger partial charge in [0.2, 0.25) is 10.0 Å². The largest absolute Gasteiger partial charge is 0.478 e. The molecule has 5 nitrogen and oxygen atoms in total. The van der Waals surface area contributed by atoms with Gasteiger partial charge in [-0.05, 0) is 24.6 Å². The zero-order valence-corrected chi connectivity index (χ0v) is 10.9. The number of benzene rings is 1. The minimum absolute atomic E-state index is 0.225. The second-order valence-corrected chi connectivity index (χ2v) is 5.82. The van der Waals surface area contributed by atoms with Crippen LogP contribution in [0.5, 0.6) is 0 Å². The first kappa shape index (κ1) is 14.6. The van der Waals surface area contributed by atoms with Gasteiger partial charge >= 0.3 is 5.97 Å². The van der Waals surface area contributed by atoms with Crippen LogP contribution in [0.3, 0.4) is 0 Å². The molecule has 0 aliphatic carbocycles. The van der Waals surface area contributed by atoms with Crippen molar-refractivity contribution in [2.45, 2.75) is 18.2 Å². The Morgan fingerprint density at radius 3 is 2.56 bits per heavy atom. The molecule has 0 amide bonds. The average Bonchev–Trinajstić information content (AvgIpc) is 2.29. The molecule has 18 heavy (non-hydrogen) atoms. The molecule has 0 heterocycles. The first-order valence-corrected chi connectivity index (χ1v) is 6.74. The number of hydrogen-bond acceptors (Lipinski definition) is 3. The van der Waals surface area contributed by atoms with Crippen LogP contribution in [0.15, 0.2) is 23.1 Å². The lowest BCUT2D eigenvalue weighted by molar-refractivity contribution is 0.0691. The normalized spacial score (nSPS) is 11.8. The maximum Gasteiger partial charge on any atom is 0.338 e. The van der Waals surface area contributed by atoms with Crippen molar-refractivity contribution in [1.29, 1.82) is 0 Å². The van der Waals surface area contributed by atoms with Gasteiger partial charge < -0.3 is 5.11 Å². The molecule has 1 rings (SSSR count). The Balaban J connectivity index is 3.26. The molecule has 1 N–H and O–H groups in total. The number of nitrogens with zero attached hydrogens (tertiary/aromatic N) is 1. The molecule has 0 aliphatic rings. The maximum absolute atomic E-state index is 13.2. The van der Waals surface area contributed by atoms with Crippen molar-refractivity contribution in [3.05, 3.63) is 29.6 Å². The SMILES string of the molecule is CCCN(C)S(=O)(=O)c1ccc(F)c(C(=O)O)c1. The first-order chi connectivity index (χ1) is 8.30. The van der Waals surface area contributed by atoms with Crippen molar-refractivity contribution >= 4 is 16.0 Å². The minimum Gasteiger partial charge on any atom is -0.478 e. The summed E-state index contributed by atoms with van der Waals surface area (Å²) in [4.78, 5) is 10.5. The Morgan fingerprint density at radius 1 is 1.44 bits per heavy atom. The van der Waals surface area contributed by atoms with E-state index in [4.69, 9.17) is 5.11 Å². The van der Waals surface area contributed by atoms with Crippen LogP contribution < -0.4 is 0 Å². The van der Waals surface area contributed by atoms with Gasteiger partial charge in [0.25, 0.3) is 0 Å². The quantitative estimate of drug-likeness (QED) is 0.884. The number of halogens is 1. The molecule has 0 saturated carbocycles. The molecule has 0 radical (unpaired) electrons. The van der Waals surface area contributed by atoms with E-state index in [0.29, 0.717) is 13.0 Å². The number of carboxylic acids is 1. The smallest absolute Gasteiger partial charge is 0.338 e. The molecule has 7 heteroatoms. The van der Waals surface area contributed by atoms with Gasteiger partial charge in [0.05, 0.1) is 10.5 Å². The molecular weight excluding hydrogens is 261 g/mol. The predicted octanol–water partition coefficient (Wildman–Crippen LogP) is 1.55. The highest BCUT2D eigenvalue weighted by atomic mass is 32.2. The summed E-state index contributed by atoms with van der Waals surface area (Å²) in [5, 5.41) is 8.75. The highest BCUT2D eigenvalue weighted by Gasteiger charge is 2.22. The summed E-state index contributed by atoms with van der Waals surface area (Å²) in [5.41, 5.74) is -0.652. The van der Waals surface area contributed by atoms with Crippen molar-refractivity contribution < 1.29 is 22.7 Å². The first-order valence-electron chi connectivity index (χ1n) is 5.30. The van der Waals surface area contributed by atoms with Crippen LogP contribution in [0.1, 0.15) is 23.7 Å². The van der Waals surface area contributed by atoms with Gasteiger partial charge in [-0.25, -0.2) is 21.9 Å². The van der Waals surface area contributed by atoms with E-state index in [9.17, 15) is 17.6 Å². The number of carboxylic acid groups (broad SMARTS) is 1. The van der Waals surface area contributed by atoms with E-state index in [-0.39, 0.29) is 4.90 Å². The molecule has 1 aromatic rings. The Hall–Kier alpha value is -1.47. The third-order valence-corrected chi connectivity index (χ3v) is 4.27. The van der Waals surface area contributed by atoms with Gasteiger partial charge in [-0.3, -0.25) is 0 Å². The zero-order valence-electron chi connectivity index (χ0n) is 10.1. The second-order valence-electron chi connectivity index (χ2n) is 3.77. The number of aromatic carboxylic acids is 1. The summed E-state index contributed by atoms with van der Waals surface area (Å²) >= 11 is 0. The van der Waals surface area contributed by atoms with E-state index in [1.165, 1.54) is 7.05 Å². The third kappa shape index (κ3) is 2.85. The van der Waals surface area contributed by atoms with E-state index in [0.717, 1.165) is 22.5 Å². The predicted molar refractivity (Wildman–Crippen MR) is 63.5 cm³/mol. The van der Waals surface area contributed by atoms with Crippen molar-refractivity contribution in [2.75, 3.05) is 13.6 Å². The molecule has 0 aliphatic heterocycles. The Labute approximate surface area is 105 Å². The van der Waals surface area contributed by atoms with Crippen LogP contribution in [0.2, 0.25) is 0 Å². The lowest BCUT2D eigenvalue weighted by Crippen LogP contribution is -2.27. The Morgan fingerprint density at radius 2 is 2.06 bits per heavy atom. The van der Waals surface area contributed by atoms with Crippen molar-refractivity contribution in [3.63, 3.8) is 0 Å². The molecular formula is C11H14FNO4S. The van der Waals surface area contributed by atoms with E-state index in [2.05, 4.69) is 0 Å². The maximum atomic E-state index is 13.2. The molecule has 0 saturated heterocycles. The van der Waals surface area contributed by atoms with Crippen LogP contribution in [-0.2, 0) is 10.0 Å². The van der Waals surface area contributed by atoms with Crippen molar-refractivity contribution in [2.24, 2.45) is 0 Å². The Kier molecular flexibility index (Phi) is 4.42. The topological polar surface area (TPSA) is 74.7 Å². The standard InChI is InChI=1S/C11H14FNO4S/c1-3-6-13(2)18(16,17)8-4-5-10(12)9(7-8)11(14)15/h4-5,7H,3,6H2,1-2H3,(H,14,15). The van der Waals surface area contributed by atoms with E-state index >= 15 is 0 Å². The highest BCUT2D eigenvalue weighted by Crippen LogP contribution is 2.18. The van der Waals surface area contributed by atoms with Gasteiger partial charge in [-0.2, -0.15) is 0 Å². The molecule has 0 bridgehead atoms. The molecule has 100 valence electrons. The highest BCUT2D eigenvalue weighted by molar-refractivity contribution is 7.89. The molecule has 0 fully saturated rings. The third-order valence-electron chi connectivity index (χ3n) is 2.41. The number of carbonyl (C=O) groups is 1. The summed E-state index contributed by atoms with van der Waals surface area (Å²) in [7, 11) is -2.38. The molecule has 0 aromatic heterocycles. The lowest BCUT2D eigenvalue weighted by atomic mass is 10.2. The van der Waals surface area contributed by atoms with Gasteiger partial charge in [0.1, 0.15) is 5.82 Å². The van der Waals surface area contributed by atoms with Crippen LogP contribution >= 0.6 is 0 Å². The van der Waals surface area contributed by atoms with Gasteiger partial charge in [0.15, 0.2) is 0 Å². The zero-order chi connectivity index (χ0) is 13.9. The van der Waals surface area contributed by atoms with Gasteiger partial charge in [-0.1, -0.05) is 6.92 Å². The minimum atomic E-state index is -3.77. The fourth-order valence-corrected chi connectivity index (χ4v) is 2.73.